The summed E-state index contributed by atoms with van der Waals surface area (Å²) in [6.45, 7) is 0.375. The first kappa shape index (κ1) is 11.7. The monoisotopic (exact) mass is 275 g/mol. The molecule has 0 saturated carbocycles. The number of rotatable bonds is 5. The maximum atomic E-state index is 11.3. The zero-order chi connectivity index (χ0) is 11.3. The highest BCUT2D eigenvalue weighted by molar-refractivity contribution is 9.10. The molecule has 2 amide bonds. The van der Waals surface area contributed by atoms with E-state index in [2.05, 4.69) is 26.4 Å². The molecule has 1 heterocycles. The van der Waals surface area contributed by atoms with Gasteiger partial charge in [-0.3, -0.25) is 9.59 Å². The van der Waals surface area contributed by atoms with Crippen molar-refractivity contribution in [2.75, 3.05) is 6.54 Å². The van der Waals surface area contributed by atoms with Gasteiger partial charge in [0.2, 0.25) is 11.7 Å². The van der Waals surface area contributed by atoms with Gasteiger partial charge < -0.3 is 15.6 Å². The minimum atomic E-state index is -0.383. The maximum absolute atomic E-state index is 11.3. The van der Waals surface area contributed by atoms with Crippen LogP contribution in [-0.2, 0) is 4.79 Å². The lowest BCUT2D eigenvalue weighted by molar-refractivity contribution is -0.118. The number of halogens is 1. The predicted octanol–water partition coefficient (Wildman–Crippen LogP) is 0.432. The van der Waals surface area contributed by atoms with Crippen LogP contribution >= 0.6 is 15.9 Å². The molecule has 15 heavy (non-hydrogen) atoms. The summed E-state index contributed by atoms with van der Waals surface area (Å²) < 4.78 is 5.17. The lowest BCUT2D eigenvalue weighted by Crippen LogP contribution is -2.25. The van der Waals surface area contributed by atoms with E-state index in [-0.39, 0.29) is 24.0 Å². The standard InChI is InChI=1S/C8H10BrN3O3/c9-6-4-5(15-12-6)8(14)11-3-1-2-7(10)13/h4H,1-3H2,(H2,10,13)(H,11,14). The van der Waals surface area contributed by atoms with Crippen LogP contribution in [0.4, 0.5) is 0 Å². The van der Waals surface area contributed by atoms with Crippen LogP contribution in [0.25, 0.3) is 0 Å². The van der Waals surface area contributed by atoms with E-state index in [4.69, 9.17) is 10.3 Å². The lowest BCUT2D eigenvalue weighted by atomic mass is 10.3. The van der Waals surface area contributed by atoms with Crippen molar-refractivity contribution in [3.63, 3.8) is 0 Å². The number of hydrogen-bond acceptors (Lipinski definition) is 4. The summed E-state index contributed by atoms with van der Waals surface area (Å²) in [5, 5.41) is 6.07. The largest absolute Gasteiger partial charge is 0.370 e. The Balaban J connectivity index is 2.28. The molecule has 0 aliphatic rings. The number of hydrogen-bond donors (Lipinski definition) is 2. The van der Waals surface area contributed by atoms with Crippen molar-refractivity contribution in [3.05, 3.63) is 16.4 Å². The SMILES string of the molecule is NC(=O)CCCNC(=O)c1cc(Br)no1. The van der Waals surface area contributed by atoms with Gasteiger partial charge in [0, 0.05) is 19.0 Å². The fraction of sp³-hybridized carbons (Fsp3) is 0.375. The number of carbonyl (C=O) groups is 2. The molecule has 1 aromatic heterocycles. The summed E-state index contributed by atoms with van der Waals surface area (Å²) in [7, 11) is 0. The molecule has 0 bridgehead atoms. The quantitative estimate of drug-likeness (QED) is 0.762. The molecule has 0 aromatic carbocycles. The van der Waals surface area contributed by atoms with Crippen molar-refractivity contribution in [1.82, 2.24) is 10.5 Å². The highest BCUT2D eigenvalue weighted by Gasteiger charge is 2.10. The third-order valence-electron chi connectivity index (χ3n) is 1.59. The topological polar surface area (TPSA) is 98.2 Å². The van der Waals surface area contributed by atoms with Crippen molar-refractivity contribution in [2.24, 2.45) is 5.73 Å². The predicted molar refractivity (Wildman–Crippen MR) is 55.0 cm³/mol. The number of nitrogens with one attached hydrogen (secondary N) is 1. The van der Waals surface area contributed by atoms with Gasteiger partial charge in [-0.2, -0.15) is 0 Å². The third-order valence-corrected chi connectivity index (χ3v) is 1.96. The number of primary amides is 1. The first-order valence-electron chi connectivity index (χ1n) is 4.28. The van der Waals surface area contributed by atoms with Crippen LogP contribution in [0.1, 0.15) is 23.4 Å². The number of nitrogens with two attached hydrogens (primary N) is 1. The van der Waals surface area contributed by atoms with Crippen LogP contribution in [0, 0.1) is 0 Å². The molecule has 0 unspecified atom stereocenters. The van der Waals surface area contributed by atoms with E-state index in [1.54, 1.807) is 0 Å². The van der Waals surface area contributed by atoms with Crippen LogP contribution < -0.4 is 11.1 Å². The molecule has 0 aliphatic carbocycles. The molecule has 1 rings (SSSR count). The van der Waals surface area contributed by atoms with Gasteiger partial charge in [-0.05, 0) is 22.4 Å². The Bertz CT molecular complexity index is 364. The second kappa shape index (κ2) is 5.50. The fourth-order valence-corrected chi connectivity index (χ4v) is 1.19. The van der Waals surface area contributed by atoms with Gasteiger partial charge in [-0.1, -0.05) is 5.16 Å². The average molecular weight is 276 g/mol. The average Bonchev–Trinajstić information content (AvgIpc) is 2.59. The number of carbonyl (C=O) groups excluding carboxylic acids is 2. The molecule has 1 aromatic rings. The van der Waals surface area contributed by atoms with Gasteiger partial charge in [0.1, 0.15) is 4.60 Å². The zero-order valence-electron chi connectivity index (χ0n) is 7.83. The number of amides is 2. The molecule has 82 valence electrons. The second-order valence-electron chi connectivity index (χ2n) is 2.84. The third kappa shape index (κ3) is 4.11. The Morgan fingerprint density at radius 2 is 2.33 bits per heavy atom. The van der Waals surface area contributed by atoms with E-state index in [1.165, 1.54) is 6.07 Å². The van der Waals surface area contributed by atoms with Gasteiger partial charge in [-0.15, -0.1) is 0 Å². The second-order valence-corrected chi connectivity index (χ2v) is 3.65. The van der Waals surface area contributed by atoms with Crippen LogP contribution in [-0.4, -0.2) is 23.5 Å². The van der Waals surface area contributed by atoms with Crippen LogP contribution in [0.5, 0.6) is 0 Å². The Labute approximate surface area is 94.3 Å². The normalized spacial score (nSPS) is 9.93. The molecule has 0 radical (unpaired) electrons. The Morgan fingerprint density at radius 1 is 1.60 bits per heavy atom. The summed E-state index contributed by atoms with van der Waals surface area (Å²) in [6, 6.07) is 1.46. The summed E-state index contributed by atoms with van der Waals surface area (Å²) in [5.74, 6) is -0.620. The van der Waals surface area contributed by atoms with Crippen molar-refractivity contribution in [3.8, 4) is 0 Å². The fourth-order valence-electron chi connectivity index (χ4n) is 0.912. The molecule has 0 fully saturated rings. The zero-order valence-corrected chi connectivity index (χ0v) is 9.41. The maximum Gasteiger partial charge on any atom is 0.289 e. The van der Waals surface area contributed by atoms with Gasteiger partial charge in [0.25, 0.3) is 5.91 Å². The van der Waals surface area contributed by atoms with E-state index in [0.717, 1.165) is 0 Å². The lowest BCUT2D eigenvalue weighted by Gasteiger charge is -2.00. The molecular formula is C8H10BrN3O3. The molecule has 0 spiro atoms. The van der Waals surface area contributed by atoms with E-state index in [1.807, 2.05) is 0 Å². The van der Waals surface area contributed by atoms with Gasteiger partial charge in [-0.25, -0.2) is 0 Å². The Hall–Kier alpha value is -1.37. The molecule has 7 heteroatoms. The number of nitrogens with zero attached hydrogens (tertiary/aromatic N) is 1. The Kier molecular flexibility index (Phi) is 4.29. The molecule has 0 atom stereocenters. The highest BCUT2D eigenvalue weighted by Crippen LogP contribution is 2.09. The van der Waals surface area contributed by atoms with Crippen molar-refractivity contribution >= 4 is 27.7 Å². The minimum Gasteiger partial charge on any atom is -0.370 e. The minimum absolute atomic E-state index is 0.126. The molecule has 0 aliphatic heterocycles. The molecular weight excluding hydrogens is 266 g/mol. The van der Waals surface area contributed by atoms with Crippen LogP contribution in [0.15, 0.2) is 15.2 Å². The van der Waals surface area contributed by atoms with Crippen molar-refractivity contribution in [2.45, 2.75) is 12.8 Å². The van der Waals surface area contributed by atoms with E-state index < -0.39 is 0 Å². The first-order chi connectivity index (χ1) is 7.09. The van der Waals surface area contributed by atoms with E-state index >= 15 is 0 Å². The molecule has 0 saturated heterocycles. The van der Waals surface area contributed by atoms with Gasteiger partial charge in [0.15, 0.2) is 0 Å². The van der Waals surface area contributed by atoms with Crippen LogP contribution in [0.2, 0.25) is 0 Å². The smallest absolute Gasteiger partial charge is 0.289 e. The Morgan fingerprint density at radius 3 is 2.87 bits per heavy atom. The van der Waals surface area contributed by atoms with E-state index in [0.29, 0.717) is 17.6 Å². The van der Waals surface area contributed by atoms with Gasteiger partial charge in [0.05, 0.1) is 0 Å². The first-order valence-corrected chi connectivity index (χ1v) is 5.07. The van der Waals surface area contributed by atoms with Crippen LogP contribution in [0.3, 0.4) is 0 Å². The highest BCUT2D eigenvalue weighted by atomic mass is 79.9. The van der Waals surface area contributed by atoms with Crippen molar-refractivity contribution in [1.29, 1.82) is 0 Å². The molecule has 6 nitrogen and oxygen atoms in total. The molecule has 3 N–H and O–H groups in total. The van der Waals surface area contributed by atoms with Crippen molar-refractivity contribution < 1.29 is 14.1 Å². The summed E-state index contributed by atoms with van der Waals surface area (Å²) in [5.41, 5.74) is 4.94. The van der Waals surface area contributed by atoms with E-state index in [9.17, 15) is 9.59 Å². The summed E-state index contributed by atoms with van der Waals surface area (Å²) in [6.07, 6.45) is 0.761. The summed E-state index contributed by atoms with van der Waals surface area (Å²) in [4.78, 5) is 21.7. The number of aromatic nitrogens is 1. The van der Waals surface area contributed by atoms with Gasteiger partial charge >= 0.3 is 0 Å². The summed E-state index contributed by atoms with van der Waals surface area (Å²) >= 11 is 3.06.